The summed E-state index contributed by atoms with van der Waals surface area (Å²) in [6.07, 6.45) is 1.58. The zero-order valence-corrected chi connectivity index (χ0v) is 12.8. The lowest BCUT2D eigenvalue weighted by Gasteiger charge is -2.08. The highest BCUT2D eigenvalue weighted by molar-refractivity contribution is 6.31. The molecule has 0 aliphatic carbocycles. The van der Waals surface area contributed by atoms with Crippen molar-refractivity contribution in [1.29, 1.82) is 0 Å². The summed E-state index contributed by atoms with van der Waals surface area (Å²) >= 11 is 5.90. The molecule has 1 N–H and O–H groups in total. The minimum Gasteiger partial charge on any atom is -0.439 e. The fourth-order valence-electron chi connectivity index (χ4n) is 1.99. The zero-order valence-electron chi connectivity index (χ0n) is 12.1. The lowest BCUT2D eigenvalue weighted by atomic mass is 10.2. The number of pyridine rings is 1. The molecule has 1 heterocycles. The van der Waals surface area contributed by atoms with E-state index in [4.69, 9.17) is 16.3 Å². The number of amides is 1. The molecule has 5 heteroatoms. The maximum atomic E-state index is 12.2. The van der Waals surface area contributed by atoms with Gasteiger partial charge in [-0.3, -0.25) is 4.79 Å². The number of anilines is 1. The van der Waals surface area contributed by atoms with Crippen molar-refractivity contribution >= 4 is 23.2 Å². The third-order valence-electron chi connectivity index (χ3n) is 3.05. The first-order valence-electron chi connectivity index (χ1n) is 6.96. The Labute approximate surface area is 138 Å². The third-order valence-corrected chi connectivity index (χ3v) is 3.28. The van der Waals surface area contributed by atoms with Crippen molar-refractivity contribution in [2.24, 2.45) is 0 Å². The van der Waals surface area contributed by atoms with Gasteiger partial charge in [-0.15, -0.1) is 0 Å². The van der Waals surface area contributed by atoms with Crippen LogP contribution < -0.4 is 10.1 Å². The molecule has 1 amide bonds. The second kappa shape index (κ2) is 6.94. The van der Waals surface area contributed by atoms with Crippen molar-refractivity contribution in [3.05, 3.63) is 83.5 Å². The number of hydrogen-bond acceptors (Lipinski definition) is 3. The number of benzene rings is 2. The zero-order chi connectivity index (χ0) is 16.1. The number of nitrogens with zero attached hydrogens (tertiary/aromatic N) is 1. The summed E-state index contributed by atoms with van der Waals surface area (Å²) < 4.78 is 5.64. The van der Waals surface area contributed by atoms with Crippen molar-refractivity contribution in [1.82, 2.24) is 4.98 Å². The molecule has 1 aromatic heterocycles. The fourth-order valence-corrected chi connectivity index (χ4v) is 2.18. The van der Waals surface area contributed by atoms with E-state index in [-0.39, 0.29) is 5.91 Å². The average Bonchev–Trinajstić information content (AvgIpc) is 2.56. The Bertz CT molecular complexity index is 822. The largest absolute Gasteiger partial charge is 0.439 e. The number of carbonyl (C=O) groups excluding carboxylic acids is 1. The predicted octanol–water partition coefficient (Wildman–Crippen LogP) is 4.78. The quantitative estimate of drug-likeness (QED) is 0.751. The van der Waals surface area contributed by atoms with Crippen LogP contribution >= 0.6 is 11.6 Å². The van der Waals surface area contributed by atoms with Crippen molar-refractivity contribution in [2.45, 2.75) is 0 Å². The molecular formula is C18H13ClN2O2. The lowest BCUT2D eigenvalue weighted by Crippen LogP contribution is -2.11. The van der Waals surface area contributed by atoms with Crippen LogP contribution in [0.2, 0.25) is 5.02 Å². The van der Waals surface area contributed by atoms with E-state index in [1.54, 1.807) is 42.6 Å². The Morgan fingerprint density at radius 1 is 1.00 bits per heavy atom. The Morgan fingerprint density at radius 2 is 1.83 bits per heavy atom. The molecule has 3 aromatic rings. The molecule has 0 fully saturated rings. The van der Waals surface area contributed by atoms with E-state index in [1.165, 1.54) is 0 Å². The Kier molecular flexibility index (Phi) is 4.54. The molecule has 0 aliphatic rings. The topological polar surface area (TPSA) is 51.2 Å². The molecule has 0 aliphatic heterocycles. The number of aromatic nitrogens is 1. The summed E-state index contributed by atoms with van der Waals surface area (Å²) in [6, 6.07) is 19.4. The first kappa shape index (κ1) is 15.1. The van der Waals surface area contributed by atoms with Crippen molar-refractivity contribution in [3.8, 4) is 11.6 Å². The number of ether oxygens (including phenoxy) is 1. The van der Waals surface area contributed by atoms with Gasteiger partial charge >= 0.3 is 0 Å². The molecule has 3 rings (SSSR count). The van der Waals surface area contributed by atoms with Crippen LogP contribution in [-0.2, 0) is 0 Å². The van der Waals surface area contributed by atoms with Crippen LogP contribution in [0.25, 0.3) is 0 Å². The van der Waals surface area contributed by atoms with Crippen LogP contribution in [0.5, 0.6) is 11.6 Å². The minimum absolute atomic E-state index is 0.246. The number of hydrogen-bond donors (Lipinski definition) is 1. The van der Waals surface area contributed by atoms with Gasteiger partial charge in [0.1, 0.15) is 5.75 Å². The maximum absolute atomic E-state index is 12.2. The smallest absolute Gasteiger partial charge is 0.255 e. The van der Waals surface area contributed by atoms with Gasteiger partial charge in [-0.1, -0.05) is 35.9 Å². The summed E-state index contributed by atoms with van der Waals surface area (Å²) in [5.41, 5.74) is 1.08. The van der Waals surface area contributed by atoms with Crippen molar-refractivity contribution in [2.75, 3.05) is 5.32 Å². The normalized spacial score (nSPS) is 10.1. The Balaban J connectivity index is 1.74. The second-order valence-corrected chi connectivity index (χ2v) is 5.20. The second-order valence-electron chi connectivity index (χ2n) is 4.76. The van der Waals surface area contributed by atoms with Crippen molar-refractivity contribution in [3.63, 3.8) is 0 Å². The molecule has 23 heavy (non-hydrogen) atoms. The molecule has 0 unspecified atom stereocenters. The molecule has 0 atom stereocenters. The van der Waals surface area contributed by atoms with Gasteiger partial charge in [0.15, 0.2) is 0 Å². The first-order chi connectivity index (χ1) is 11.2. The van der Waals surface area contributed by atoms with Gasteiger partial charge in [0.05, 0.1) is 0 Å². The van der Waals surface area contributed by atoms with E-state index in [9.17, 15) is 4.79 Å². The standard InChI is InChI=1S/C18H13ClN2O2/c19-14-6-4-5-13(11-14)18(22)21-15-9-10-20-17(12-15)23-16-7-2-1-3-8-16/h1-12H,(H,20,21,22). The molecule has 0 spiro atoms. The SMILES string of the molecule is O=C(Nc1ccnc(Oc2ccccc2)c1)c1cccc(Cl)c1. The van der Waals surface area contributed by atoms with Gasteiger partial charge < -0.3 is 10.1 Å². The molecule has 114 valence electrons. The summed E-state index contributed by atoms with van der Waals surface area (Å²) in [5, 5.41) is 3.31. The number of nitrogens with one attached hydrogen (secondary N) is 1. The summed E-state index contributed by atoms with van der Waals surface area (Å²) in [7, 11) is 0. The van der Waals surface area contributed by atoms with Crippen LogP contribution in [-0.4, -0.2) is 10.9 Å². The van der Waals surface area contributed by atoms with Gasteiger partial charge in [-0.05, 0) is 36.4 Å². The first-order valence-corrected chi connectivity index (χ1v) is 7.34. The van der Waals surface area contributed by atoms with Gasteiger partial charge in [-0.25, -0.2) is 4.98 Å². The van der Waals surface area contributed by atoms with Crippen LogP contribution in [0.4, 0.5) is 5.69 Å². The molecular weight excluding hydrogens is 312 g/mol. The Morgan fingerprint density at radius 3 is 2.61 bits per heavy atom. The highest BCUT2D eigenvalue weighted by Gasteiger charge is 2.08. The number of halogens is 1. The third kappa shape index (κ3) is 4.08. The molecule has 4 nitrogen and oxygen atoms in total. The van der Waals surface area contributed by atoms with Gasteiger partial charge in [0, 0.05) is 28.5 Å². The predicted molar refractivity (Wildman–Crippen MR) is 90.2 cm³/mol. The van der Waals surface area contributed by atoms with E-state index in [0.29, 0.717) is 27.9 Å². The Hall–Kier alpha value is -2.85. The van der Waals surface area contributed by atoms with Crippen LogP contribution in [0.1, 0.15) is 10.4 Å². The summed E-state index contributed by atoms with van der Waals surface area (Å²) in [4.78, 5) is 16.3. The van der Waals surface area contributed by atoms with Crippen LogP contribution in [0.3, 0.4) is 0 Å². The molecule has 0 bridgehead atoms. The molecule has 0 saturated carbocycles. The van der Waals surface area contributed by atoms with Gasteiger partial charge in [0.2, 0.25) is 5.88 Å². The average molecular weight is 325 g/mol. The highest BCUT2D eigenvalue weighted by Crippen LogP contribution is 2.22. The van der Waals surface area contributed by atoms with E-state index in [0.717, 1.165) is 0 Å². The van der Waals surface area contributed by atoms with Crippen LogP contribution in [0, 0.1) is 0 Å². The molecule has 0 saturated heterocycles. The molecule has 2 aromatic carbocycles. The summed E-state index contributed by atoms with van der Waals surface area (Å²) in [6.45, 7) is 0. The van der Waals surface area contributed by atoms with E-state index >= 15 is 0 Å². The van der Waals surface area contributed by atoms with E-state index < -0.39 is 0 Å². The minimum atomic E-state index is -0.246. The van der Waals surface area contributed by atoms with Gasteiger partial charge in [-0.2, -0.15) is 0 Å². The lowest BCUT2D eigenvalue weighted by molar-refractivity contribution is 0.102. The monoisotopic (exact) mass is 324 g/mol. The summed E-state index contributed by atoms with van der Waals surface area (Å²) in [5.74, 6) is 0.836. The number of carbonyl (C=O) groups is 1. The maximum Gasteiger partial charge on any atom is 0.255 e. The number of para-hydroxylation sites is 1. The van der Waals surface area contributed by atoms with Crippen molar-refractivity contribution < 1.29 is 9.53 Å². The fraction of sp³-hybridized carbons (Fsp3) is 0. The van der Waals surface area contributed by atoms with Gasteiger partial charge in [0.25, 0.3) is 5.91 Å². The van der Waals surface area contributed by atoms with Crippen LogP contribution in [0.15, 0.2) is 72.9 Å². The highest BCUT2D eigenvalue weighted by atomic mass is 35.5. The van der Waals surface area contributed by atoms with E-state index in [2.05, 4.69) is 10.3 Å². The molecule has 0 radical (unpaired) electrons. The number of rotatable bonds is 4. The van der Waals surface area contributed by atoms with E-state index in [1.807, 2.05) is 30.3 Å².